The van der Waals surface area contributed by atoms with Crippen LogP contribution in [-0.4, -0.2) is 135 Å². The number of piperidine rings is 3. The van der Waals surface area contributed by atoms with Crippen molar-refractivity contribution < 1.29 is 9.47 Å². The number of nitrogens with zero attached hydrogens (tertiary/aromatic N) is 16. The molecule has 0 atom stereocenters. The number of amidine groups is 1. The van der Waals surface area contributed by atoms with Gasteiger partial charge in [-0.05, 0) is 135 Å². The first-order valence-electron chi connectivity index (χ1n) is 28.5. The van der Waals surface area contributed by atoms with Crippen molar-refractivity contribution in [2.24, 2.45) is 22.2 Å². The van der Waals surface area contributed by atoms with Crippen LogP contribution >= 0.6 is 39.1 Å². The van der Waals surface area contributed by atoms with Crippen LogP contribution in [0.5, 0.6) is 11.5 Å². The number of benzene rings is 2. The first-order valence-corrected chi connectivity index (χ1v) is 30.1. The lowest BCUT2D eigenvalue weighted by Crippen LogP contribution is -2.48. The number of ether oxygens (including phenoxy) is 2. The Morgan fingerprint density at radius 3 is 1.45 bits per heavy atom. The Morgan fingerprint density at radius 1 is 0.547 bits per heavy atom. The van der Waals surface area contributed by atoms with Gasteiger partial charge in [0.2, 0.25) is 0 Å². The predicted molar refractivity (Wildman–Crippen MR) is 342 cm³/mol. The number of hydrogen-bond acceptors (Lipinski definition) is 21. The minimum atomic E-state index is -0.135. The van der Waals surface area contributed by atoms with Crippen LogP contribution in [0, 0.1) is 0 Å². The van der Waals surface area contributed by atoms with Crippen LogP contribution in [-0.2, 0) is 19.6 Å². The molecule has 11 heterocycles. The highest BCUT2D eigenvalue weighted by Gasteiger charge is 2.31. The van der Waals surface area contributed by atoms with E-state index in [1.807, 2.05) is 94.6 Å². The van der Waals surface area contributed by atoms with Crippen LogP contribution in [0.25, 0.3) is 22.3 Å². The van der Waals surface area contributed by atoms with Gasteiger partial charge >= 0.3 is 0 Å². The van der Waals surface area contributed by atoms with E-state index in [4.69, 9.17) is 74.9 Å². The number of halogens is 3. The van der Waals surface area contributed by atoms with E-state index in [1.165, 1.54) is 0 Å². The minimum absolute atomic E-state index is 0.0795. The zero-order valence-electron chi connectivity index (χ0n) is 48.8. The first kappa shape index (κ1) is 59.8. The summed E-state index contributed by atoms with van der Waals surface area (Å²) in [7, 11) is 3.32. The SMILES string of the molecule is CC1(N)CCN(c2cnc3c(n2)CN=C3Nc2cccnc2Cl)CC1.COc1ccc(Cn2nc(Br)c3ncc(N4CCC(C)(N)CC4)nc32)cc1.COc1ccc(Cn2nc(Nc3cccnc3Cl)c3ncc(N4CCC(C)(N)CC4)nc32)cc1. The van der Waals surface area contributed by atoms with Crippen molar-refractivity contribution in [1.82, 2.24) is 59.4 Å². The monoisotopic (exact) mass is 1270 g/mol. The molecule has 0 saturated carbocycles. The molecule has 7 aromatic heterocycles. The van der Waals surface area contributed by atoms with E-state index < -0.39 is 0 Å². The van der Waals surface area contributed by atoms with Crippen LogP contribution < -0.4 is 52.0 Å². The molecule has 4 aliphatic heterocycles. The van der Waals surface area contributed by atoms with Gasteiger partial charge in [-0.3, -0.25) is 4.99 Å². The standard InChI is InChI=1S/C24H27ClN8O.C19H23BrN6O.C17H20ClN7/c1-24(26)9-12-32(13-10-24)19-14-28-20-22(29-18-4-3-11-27-21(18)25)31-33(23(20)30-19)15-16-5-7-17(34-2)8-6-16;1-19(21)7-9-25(10-8-19)15-11-22-16-17(20)24-26(18(16)23-15)12-13-3-5-14(27-2)6-4-13;1-17(19)4-7-25(8-5-17)13-10-21-14-12(23-13)9-22-16(14)24-11-3-2-6-20-15(11)18/h3-8,11,14H,9-10,12-13,15,26H2,1-2H3,(H,29,31);3-6,11H,7-10,12,21H2,1-2H3;2-3,6,10H,4-5,7-9,19H2,1H3,(H,22,24). The van der Waals surface area contributed by atoms with E-state index in [0.717, 1.165) is 140 Å². The van der Waals surface area contributed by atoms with Crippen molar-refractivity contribution in [1.29, 1.82) is 0 Å². The highest BCUT2D eigenvalue weighted by Crippen LogP contribution is 2.32. The Labute approximate surface area is 517 Å². The number of fused-ring (bicyclic) bond motifs is 3. The summed E-state index contributed by atoms with van der Waals surface area (Å²) >= 11 is 15.9. The highest BCUT2D eigenvalue weighted by molar-refractivity contribution is 9.10. The van der Waals surface area contributed by atoms with Crippen molar-refractivity contribution in [3.8, 4) is 11.5 Å². The first-order chi connectivity index (χ1) is 41.4. The second kappa shape index (κ2) is 25.6. The molecule has 2 aromatic carbocycles. The third-order valence-corrected chi connectivity index (χ3v) is 17.1. The quantitative estimate of drug-likeness (QED) is 0.0713. The van der Waals surface area contributed by atoms with E-state index in [2.05, 4.69) is 92.1 Å². The minimum Gasteiger partial charge on any atom is -0.497 e. The fourth-order valence-corrected chi connectivity index (χ4v) is 11.2. The summed E-state index contributed by atoms with van der Waals surface area (Å²) in [6.45, 7) is 13.2. The van der Waals surface area contributed by atoms with Crippen molar-refractivity contribution in [3.05, 3.63) is 141 Å². The van der Waals surface area contributed by atoms with Gasteiger partial charge in [-0.1, -0.05) is 47.5 Å². The third-order valence-electron chi connectivity index (χ3n) is 16.0. The molecular formula is C60H70BrCl2N21O2. The average molecular weight is 1270 g/mol. The average Bonchev–Trinajstić information content (AvgIpc) is 2.34. The third kappa shape index (κ3) is 14.2. The molecule has 0 radical (unpaired) electrons. The number of nitrogens with two attached hydrogens (primary N) is 3. The lowest BCUT2D eigenvalue weighted by molar-refractivity contribution is 0.362. The Morgan fingerprint density at radius 2 is 0.977 bits per heavy atom. The van der Waals surface area contributed by atoms with Crippen molar-refractivity contribution >= 4 is 102 Å². The van der Waals surface area contributed by atoms with Crippen molar-refractivity contribution in [2.75, 3.05) is 78.8 Å². The lowest BCUT2D eigenvalue weighted by Gasteiger charge is -2.37. The van der Waals surface area contributed by atoms with Gasteiger partial charge in [-0.25, -0.2) is 49.2 Å². The number of aromatic nitrogens is 12. The van der Waals surface area contributed by atoms with Gasteiger partial charge in [0.15, 0.2) is 43.4 Å². The predicted octanol–water partition coefficient (Wildman–Crippen LogP) is 9.17. The molecule has 0 spiro atoms. The number of nitrogens with one attached hydrogen (secondary N) is 2. The zero-order chi connectivity index (χ0) is 60.2. The molecular weight excluding hydrogens is 1200 g/mol. The Balaban J connectivity index is 0.000000136. The number of rotatable bonds is 12. The second-order valence-corrected chi connectivity index (χ2v) is 24.5. The number of anilines is 6. The normalized spacial score (nSPS) is 16.8. The molecule has 0 bridgehead atoms. The maximum atomic E-state index is 6.32. The second-order valence-electron chi connectivity index (χ2n) is 23.0. The molecule has 26 heteroatoms. The fourth-order valence-electron chi connectivity index (χ4n) is 10.4. The van der Waals surface area contributed by atoms with Gasteiger partial charge in [-0.15, -0.1) is 0 Å². The van der Waals surface area contributed by atoms with Crippen LogP contribution in [0.4, 0.5) is 34.6 Å². The number of methoxy groups -OCH3 is 2. The van der Waals surface area contributed by atoms with E-state index >= 15 is 0 Å². The van der Waals surface area contributed by atoms with Crippen LogP contribution in [0.2, 0.25) is 10.3 Å². The topological polar surface area (TPSA) is 281 Å². The molecule has 9 aromatic rings. The summed E-state index contributed by atoms with van der Waals surface area (Å²) in [6, 6.07) is 23.2. The number of hydrogen-bond donors (Lipinski definition) is 5. The van der Waals surface area contributed by atoms with E-state index in [0.29, 0.717) is 68.7 Å². The number of pyridine rings is 2. The summed E-state index contributed by atoms with van der Waals surface area (Å²) < 4.78 is 15.0. The van der Waals surface area contributed by atoms with Crippen LogP contribution in [0.3, 0.4) is 0 Å². The van der Waals surface area contributed by atoms with Gasteiger partial charge < -0.3 is 52.0 Å². The molecule has 3 saturated heterocycles. The van der Waals surface area contributed by atoms with E-state index in [9.17, 15) is 0 Å². The van der Waals surface area contributed by atoms with Gasteiger partial charge in [0.05, 0.1) is 69.5 Å². The van der Waals surface area contributed by atoms with Crippen LogP contribution in [0.1, 0.15) is 81.8 Å². The van der Waals surface area contributed by atoms with Gasteiger partial charge in [0, 0.05) is 68.3 Å². The molecule has 23 nitrogen and oxygen atoms in total. The summed E-state index contributed by atoms with van der Waals surface area (Å²) in [5.74, 6) is 5.49. The molecule has 8 N–H and O–H groups in total. The molecule has 0 unspecified atom stereocenters. The summed E-state index contributed by atoms with van der Waals surface area (Å²) in [5, 5.41) is 16.6. The summed E-state index contributed by atoms with van der Waals surface area (Å²) in [5.41, 5.74) is 26.6. The maximum Gasteiger partial charge on any atom is 0.181 e. The highest BCUT2D eigenvalue weighted by atomic mass is 79.9. The van der Waals surface area contributed by atoms with Gasteiger partial charge in [0.1, 0.15) is 40.2 Å². The van der Waals surface area contributed by atoms with Gasteiger partial charge in [-0.2, -0.15) is 10.2 Å². The van der Waals surface area contributed by atoms with E-state index in [1.54, 1.807) is 32.8 Å². The molecule has 0 amide bonds. The van der Waals surface area contributed by atoms with E-state index in [-0.39, 0.29) is 16.6 Å². The Kier molecular flexibility index (Phi) is 17.8. The lowest BCUT2D eigenvalue weighted by atomic mass is 9.91. The smallest absolute Gasteiger partial charge is 0.181 e. The maximum absolute atomic E-state index is 6.32. The Hall–Kier alpha value is -7.87. The largest absolute Gasteiger partial charge is 0.497 e. The molecule has 3 fully saturated rings. The zero-order valence-corrected chi connectivity index (χ0v) is 51.9. The molecule has 86 heavy (non-hydrogen) atoms. The summed E-state index contributed by atoms with van der Waals surface area (Å²) in [6.07, 6.45) is 14.3. The van der Waals surface area contributed by atoms with Gasteiger partial charge in [0.25, 0.3) is 0 Å². The number of aliphatic imine (C=N–C) groups is 1. The van der Waals surface area contributed by atoms with Crippen LogP contribution in [0.15, 0.2) is 113 Å². The Bertz CT molecular complexity index is 3850. The van der Waals surface area contributed by atoms with Crippen molar-refractivity contribution in [3.63, 3.8) is 0 Å². The molecule has 448 valence electrons. The fraction of sp³-hybridized carbons (Fsp3) is 0.383. The molecule has 4 aliphatic rings. The molecule has 0 aliphatic carbocycles. The summed E-state index contributed by atoms with van der Waals surface area (Å²) in [4.78, 5) is 47.9. The van der Waals surface area contributed by atoms with Crippen molar-refractivity contribution in [2.45, 2.75) is 95.5 Å². The molecule has 13 rings (SSSR count).